The third-order valence-electron chi connectivity index (χ3n) is 12.1. The standard InChI is InChI=1S/C63H43N3/c1-7-21-44(22-8-1)52-33-19-35-54(41-52)56-43-57(65-63(64-56)51-31-17-6-18-32-51)55-36-20-34-53(42-55)45-37-39-48(40-38-45)58-59(46-23-9-2-10-24-46)61(49-27-13-4-14-28-49)66-62(50-29-15-5-16-30-50)60(58)47-25-11-3-12-26-47/h1-43H. The van der Waals surface area contributed by atoms with E-state index in [1.807, 2.05) is 24.3 Å². The van der Waals surface area contributed by atoms with Gasteiger partial charge in [-0.05, 0) is 57.1 Å². The molecular weight excluding hydrogens is 799 g/mol. The molecule has 0 spiro atoms. The molecular formula is C63H43N3. The minimum absolute atomic E-state index is 0.688. The Morgan fingerprint density at radius 3 is 0.909 bits per heavy atom. The Bertz CT molecular complexity index is 3310. The van der Waals surface area contributed by atoms with Crippen molar-refractivity contribution in [2.24, 2.45) is 0 Å². The summed E-state index contributed by atoms with van der Waals surface area (Å²) in [5.74, 6) is 0.688. The fourth-order valence-corrected chi connectivity index (χ4v) is 8.89. The van der Waals surface area contributed by atoms with Crippen molar-refractivity contribution in [1.29, 1.82) is 0 Å². The number of aromatic nitrogens is 3. The molecule has 0 saturated heterocycles. The van der Waals surface area contributed by atoms with Gasteiger partial charge in [-0.15, -0.1) is 0 Å². The number of hydrogen-bond acceptors (Lipinski definition) is 3. The summed E-state index contributed by atoms with van der Waals surface area (Å²) in [5.41, 5.74) is 19.9. The van der Waals surface area contributed by atoms with Gasteiger partial charge in [0, 0.05) is 44.5 Å². The molecule has 0 fully saturated rings. The molecule has 9 aromatic carbocycles. The summed E-state index contributed by atoms with van der Waals surface area (Å²) in [6.07, 6.45) is 0. The van der Waals surface area contributed by atoms with E-state index in [4.69, 9.17) is 15.0 Å². The lowest BCUT2D eigenvalue weighted by atomic mass is 9.83. The van der Waals surface area contributed by atoms with Gasteiger partial charge in [-0.1, -0.05) is 243 Å². The molecule has 310 valence electrons. The maximum Gasteiger partial charge on any atom is 0.160 e. The molecule has 2 aromatic heterocycles. The topological polar surface area (TPSA) is 38.7 Å². The monoisotopic (exact) mass is 841 g/mol. The molecule has 0 bridgehead atoms. The van der Waals surface area contributed by atoms with Crippen LogP contribution < -0.4 is 0 Å². The van der Waals surface area contributed by atoms with Gasteiger partial charge < -0.3 is 0 Å². The first kappa shape index (κ1) is 40.0. The molecule has 0 N–H and O–H groups in total. The Balaban J connectivity index is 1.06. The number of nitrogens with zero attached hydrogens (tertiary/aromatic N) is 3. The lowest BCUT2D eigenvalue weighted by molar-refractivity contribution is 1.18. The summed E-state index contributed by atoms with van der Waals surface area (Å²) in [6.45, 7) is 0. The van der Waals surface area contributed by atoms with Crippen molar-refractivity contribution in [1.82, 2.24) is 15.0 Å². The van der Waals surface area contributed by atoms with Crippen LogP contribution in [0.2, 0.25) is 0 Å². The summed E-state index contributed by atoms with van der Waals surface area (Å²) in [6, 6.07) is 91.7. The third kappa shape index (κ3) is 8.14. The second-order valence-corrected chi connectivity index (χ2v) is 16.3. The van der Waals surface area contributed by atoms with Crippen LogP contribution in [0.25, 0.3) is 112 Å². The lowest BCUT2D eigenvalue weighted by Crippen LogP contribution is -2.01. The average Bonchev–Trinajstić information content (AvgIpc) is 3.42. The number of rotatable bonds is 10. The lowest BCUT2D eigenvalue weighted by Gasteiger charge is -2.23. The van der Waals surface area contributed by atoms with Gasteiger partial charge in [0.05, 0.1) is 22.8 Å². The Hall–Kier alpha value is -8.79. The van der Waals surface area contributed by atoms with Crippen LogP contribution >= 0.6 is 0 Å². The quantitative estimate of drug-likeness (QED) is 0.138. The van der Waals surface area contributed by atoms with Crippen molar-refractivity contribution in [3.8, 4) is 112 Å². The van der Waals surface area contributed by atoms with Crippen LogP contribution in [0.15, 0.2) is 261 Å². The predicted molar refractivity (Wildman–Crippen MR) is 274 cm³/mol. The molecule has 3 heteroatoms. The van der Waals surface area contributed by atoms with Crippen molar-refractivity contribution < 1.29 is 0 Å². The first-order chi connectivity index (χ1) is 32.7. The highest BCUT2D eigenvalue weighted by atomic mass is 14.9. The molecule has 3 nitrogen and oxygen atoms in total. The Kier molecular flexibility index (Phi) is 11.0. The Morgan fingerprint density at radius 2 is 0.485 bits per heavy atom. The van der Waals surface area contributed by atoms with E-state index in [1.165, 1.54) is 5.56 Å². The van der Waals surface area contributed by atoms with Crippen LogP contribution in [0.3, 0.4) is 0 Å². The van der Waals surface area contributed by atoms with Crippen LogP contribution in [0.4, 0.5) is 0 Å². The highest BCUT2D eigenvalue weighted by Crippen LogP contribution is 2.49. The summed E-state index contributed by atoms with van der Waals surface area (Å²) in [7, 11) is 0. The minimum Gasteiger partial charge on any atom is -0.246 e. The number of hydrogen-bond donors (Lipinski definition) is 0. The van der Waals surface area contributed by atoms with Crippen LogP contribution in [-0.2, 0) is 0 Å². The number of benzene rings is 9. The highest BCUT2D eigenvalue weighted by Gasteiger charge is 2.25. The predicted octanol–water partition coefficient (Wildman–Crippen LogP) is 16.5. The molecule has 0 amide bonds. The summed E-state index contributed by atoms with van der Waals surface area (Å²) in [5, 5.41) is 0. The van der Waals surface area contributed by atoms with Crippen LogP contribution in [0.1, 0.15) is 0 Å². The zero-order chi connectivity index (χ0) is 44.1. The first-order valence-electron chi connectivity index (χ1n) is 22.3. The molecule has 0 aliphatic carbocycles. The van der Waals surface area contributed by atoms with Crippen molar-refractivity contribution in [2.45, 2.75) is 0 Å². The molecule has 66 heavy (non-hydrogen) atoms. The molecule has 0 saturated carbocycles. The summed E-state index contributed by atoms with van der Waals surface area (Å²) < 4.78 is 0. The zero-order valence-corrected chi connectivity index (χ0v) is 36.2. The Morgan fingerprint density at radius 1 is 0.182 bits per heavy atom. The van der Waals surface area contributed by atoms with E-state index in [0.717, 1.165) is 101 Å². The SMILES string of the molecule is c1ccc(-c2cccc(-c3cc(-c4cccc(-c5ccc(-c6c(-c7ccccc7)c(-c7ccccc7)nc(-c7ccccc7)c6-c6ccccc6)cc5)c4)nc(-c4ccccc4)n3)c2)cc1. The Labute approximate surface area is 386 Å². The fourth-order valence-electron chi connectivity index (χ4n) is 8.89. The molecule has 0 aliphatic rings. The summed E-state index contributed by atoms with van der Waals surface area (Å²) >= 11 is 0. The smallest absolute Gasteiger partial charge is 0.160 e. The average molecular weight is 842 g/mol. The van der Waals surface area contributed by atoms with E-state index in [-0.39, 0.29) is 0 Å². The summed E-state index contributed by atoms with van der Waals surface area (Å²) in [4.78, 5) is 16.0. The highest BCUT2D eigenvalue weighted by molar-refractivity contribution is 6.05. The second-order valence-electron chi connectivity index (χ2n) is 16.3. The van der Waals surface area contributed by atoms with Gasteiger partial charge in [-0.3, -0.25) is 0 Å². The van der Waals surface area contributed by atoms with Crippen LogP contribution in [0.5, 0.6) is 0 Å². The van der Waals surface area contributed by atoms with Gasteiger partial charge >= 0.3 is 0 Å². The van der Waals surface area contributed by atoms with E-state index in [2.05, 4.69) is 237 Å². The molecule has 11 aromatic rings. The molecule has 0 unspecified atom stereocenters. The molecule has 0 aliphatic heterocycles. The van der Waals surface area contributed by atoms with Crippen molar-refractivity contribution in [3.63, 3.8) is 0 Å². The van der Waals surface area contributed by atoms with Gasteiger partial charge in [0.2, 0.25) is 0 Å². The van der Waals surface area contributed by atoms with Gasteiger partial charge in [0.15, 0.2) is 5.82 Å². The molecule has 0 atom stereocenters. The van der Waals surface area contributed by atoms with Crippen molar-refractivity contribution in [3.05, 3.63) is 261 Å². The maximum atomic E-state index is 5.61. The van der Waals surface area contributed by atoms with Crippen LogP contribution in [0, 0.1) is 0 Å². The normalized spacial score (nSPS) is 11.0. The zero-order valence-electron chi connectivity index (χ0n) is 36.2. The molecule has 2 heterocycles. The van der Waals surface area contributed by atoms with E-state index in [0.29, 0.717) is 5.82 Å². The van der Waals surface area contributed by atoms with Gasteiger partial charge in [0.1, 0.15) is 0 Å². The maximum absolute atomic E-state index is 5.61. The largest absolute Gasteiger partial charge is 0.246 e. The van der Waals surface area contributed by atoms with Gasteiger partial charge in [0.25, 0.3) is 0 Å². The van der Waals surface area contributed by atoms with E-state index >= 15 is 0 Å². The van der Waals surface area contributed by atoms with Crippen molar-refractivity contribution >= 4 is 0 Å². The van der Waals surface area contributed by atoms with Crippen LogP contribution in [-0.4, -0.2) is 15.0 Å². The van der Waals surface area contributed by atoms with Crippen molar-refractivity contribution in [2.75, 3.05) is 0 Å². The van der Waals surface area contributed by atoms with Gasteiger partial charge in [-0.25, -0.2) is 15.0 Å². The van der Waals surface area contributed by atoms with E-state index in [9.17, 15) is 0 Å². The van der Waals surface area contributed by atoms with E-state index in [1.54, 1.807) is 0 Å². The fraction of sp³-hybridized carbons (Fsp3) is 0. The third-order valence-corrected chi connectivity index (χ3v) is 12.1. The second kappa shape index (κ2) is 18.1. The molecule has 11 rings (SSSR count). The minimum atomic E-state index is 0.688. The van der Waals surface area contributed by atoms with E-state index < -0.39 is 0 Å². The first-order valence-corrected chi connectivity index (χ1v) is 22.3. The molecule has 0 radical (unpaired) electrons. The van der Waals surface area contributed by atoms with Gasteiger partial charge in [-0.2, -0.15) is 0 Å². The number of pyridine rings is 1.